The van der Waals surface area contributed by atoms with Crippen LogP contribution in [0.5, 0.6) is 0 Å². The van der Waals surface area contributed by atoms with Crippen LogP contribution in [0.4, 0.5) is 0 Å². The van der Waals surface area contributed by atoms with Crippen molar-refractivity contribution in [3.05, 3.63) is 59.8 Å². The highest BCUT2D eigenvalue weighted by molar-refractivity contribution is 6.07. The standard InChI is InChI=1S/C24H38N4/c1-19(16-28-14-12-21-9-7-8-10-22(21)17-28)15-26-20(2)23(27-18-25-6)11-13-24(3,4)5/h7-11,13,19,25-26H,2,12,14-18H2,1,3-6H3/b13-11-,27-23+. The van der Waals surface area contributed by atoms with E-state index in [9.17, 15) is 0 Å². The third kappa shape index (κ3) is 7.61. The summed E-state index contributed by atoms with van der Waals surface area (Å²) < 4.78 is 0. The molecule has 2 N–H and O–H groups in total. The molecule has 1 aliphatic rings. The molecule has 1 aromatic carbocycles. The monoisotopic (exact) mass is 382 g/mol. The molecule has 0 saturated carbocycles. The van der Waals surface area contributed by atoms with E-state index in [0.717, 1.165) is 44.0 Å². The Morgan fingerprint density at radius 3 is 2.68 bits per heavy atom. The van der Waals surface area contributed by atoms with Crippen molar-refractivity contribution in [2.24, 2.45) is 16.3 Å². The number of hydrogen-bond donors (Lipinski definition) is 2. The summed E-state index contributed by atoms with van der Waals surface area (Å²) in [5, 5.41) is 6.59. The van der Waals surface area contributed by atoms with Gasteiger partial charge in [-0.2, -0.15) is 0 Å². The molecule has 1 unspecified atom stereocenters. The summed E-state index contributed by atoms with van der Waals surface area (Å²) in [6, 6.07) is 8.82. The first kappa shape index (κ1) is 22.4. The zero-order chi connectivity index (χ0) is 20.6. The van der Waals surface area contributed by atoms with Crippen LogP contribution in [0.2, 0.25) is 0 Å². The molecule has 0 bridgehead atoms. The number of nitrogens with zero attached hydrogens (tertiary/aromatic N) is 2. The van der Waals surface area contributed by atoms with Crippen molar-refractivity contribution in [2.45, 2.75) is 40.7 Å². The highest BCUT2D eigenvalue weighted by atomic mass is 15.1. The van der Waals surface area contributed by atoms with E-state index in [1.54, 1.807) is 0 Å². The number of aliphatic imine (C=N–C) groups is 1. The van der Waals surface area contributed by atoms with Crippen LogP contribution in [-0.2, 0) is 13.0 Å². The Bertz CT molecular complexity index is 697. The average Bonchev–Trinajstić information content (AvgIpc) is 2.65. The third-order valence-electron chi connectivity index (χ3n) is 4.90. The quantitative estimate of drug-likeness (QED) is 0.634. The van der Waals surface area contributed by atoms with Gasteiger partial charge in [-0.1, -0.05) is 64.6 Å². The topological polar surface area (TPSA) is 39.7 Å². The van der Waals surface area contributed by atoms with E-state index in [1.807, 2.05) is 7.05 Å². The van der Waals surface area contributed by atoms with Gasteiger partial charge in [-0.25, -0.2) is 0 Å². The van der Waals surface area contributed by atoms with Gasteiger partial charge >= 0.3 is 0 Å². The maximum absolute atomic E-state index is 4.61. The SMILES string of the molecule is C=C(NCC(C)CN1CCc2ccccc2C1)C(/C=C\C(C)(C)C)=N/CNC. The molecular formula is C24H38N4. The largest absolute Gasteiger partial charge is 0.383 e. The average molecular weight is 383 g/mol. The molecule has 2 rings (SSSR count). The Morgan fingerprint density at radius 1 is 1.29 bits per heavy atom. The van der Waals surface area contributed by atoms with E-state index in [-0.39, 0.29) is 5.41 Å². The molecule has 1 atom stereocenters. The Kier molecular flexibility index (Phi) is 8.46. The lowest BCUT2D eigenvalue weighted by Crippen LogP contribution is -2.37. The highest BCUT2D eigenvalue weighted by Gasteiger charge is 2.17. The van der Waals surface area contributed by atoms with E-state index in [2.05, 4.69) is 91.2 Å². The fraction of sp³-hybridized carbons (Fsp3) is 0.542. The molecule has 0 fully saturated rings. The Balaban J connectivity index is 1.85. The third-order valence-corrected chi connectivity index (χ3v) is 4.90. The van der Waals surface area contributed by atoms with Crippen molar-refractivity contribution in [1.82, 2.24) is 15.5 Å². The molecule has 0 spiro atoms. The maximum atomic E-state index is 4.61. The summed E-state index contributed by atoms with van der Waals surface area (Å²) in [5.41, 5.74) is 4.93. The first-order chi connectivity index (χ1) is 13.3. The summed E-state index contributed by atoms with van der Waals surface area (Å²) in [5.74, 6) is 0.541. The van der Waals surface area contributed by atoms with Crippen molar-refractivity contribution in [3.8, 4) is 0 Å². The van der Waals surface area contributed by atoms with Gasteiger partial charge in [0.15, 0.2) is 0 Å². The molecule has 0 aromatic heterocycles. The molecule has 0 saturated heterocycles. The molecule has 154 valence electrons. The molecule has 4 heteroatoms. The lowest BCUT2D eigenvalue weighted by atomic mass is 9.95. The van der Waals surface area contributed by atoms with Crippen LogP contribution in [-0.4, -0.2) is 44.0 Å². The number of benzene rings is 1. The fourth-order valence-electron chi connectivity index (χ4n) is 3.35. The predicted octanol–water partition coefficient (Wildman–Crippen LogP) is 4.00. The van der Waals surface area contributed by atoms with Crippen molar-refractivity contribution in [1.29, 1.82) is 0 Å². The fourth-order valence-corrected chi connectivity index (χ4v) is 3.35. The van der Waals surface area contributed by atoms with Gasteiger partial charge in [0, 0.05) is 26.2 Å². The Labute approximate surface area is 171 Å². The van der Waals surface area contributed by atoms with Crippen LogP contribution in [0.25, 0.3) is 0 Å². The first-order valence-corrected chi connectivity index (χ1v) is 10.4. The second-order valence-electron chi connectivity index (χ2n) is 8.97. The Hall–Kier alpha value is -1.91. The number of allylic oxidation sites excluding steroid dienone is 2. The molecule has 28 heavy (non-hydrogen) atoms. The van der Waals surface area contributed by atoms with Crippen molar-refractivity contribution in [2.75, 3.05) is 33.4 Å². The number of nitrogens with one attached hydrogen (secondary N) is 2. The summed E-state index contributed by atoms with van der Waals surface area (Å²) in [4.78, 5) is 7.17. The minimum Gasteiger partial charge on any atom is -0.383 e. The van der Waals surface area contributed by atoms with Crippen molar-refractivity contribution in [3.63, 3.8) is 0 Å². The van der Waals surface area contributed by atoms with Gasteiger partial charge in [-0.15, -0.1) is 0 Å². The molecule has 0 radical (unpaired) electrons. The minimum atomic E-state index is 0.124. The van der Waals surface area contributed by atoms with Gasteiger partial charge in [0.25, 0.3) is 0 Å². The van der Waals surface area contributed by atoms with Crippen LogP contribution in [0.15, 0.2) is 53.7 Å². The molecular weight excluding hydrogens is 344 g/mol. The molecule has 0 amide bonds. The van der Waals surface area contributed by atoms with Gasteiger partial charge in [0.2, 0.25) is 0 Å². The van der Waals surface area contributed by atoms with E-state index in [4.69, 9.17) is 0 Å². The normalized spacial score (nSPS) is 16.8. The van der Waals surface area contributed by atoms with Crippen LogP contribution >= 0.6 is 0 Å². The Morgan fingerprint density at radius 2 is 2.00 bits per heavy atom. The molecule has 1 aromatic rings. The molecule has 4 nitrogen and oxygen atoms in total. The van der Waals surface area contributed by atoms with E-state index >= 15 is 0 Å². The van der Waals surface area contributed by atoms with Gasteiger partial charge in [0.05, 0.1) is 18.1 Å². The van der Waals surface area contributed by atoms with E-state index < -0.39 is 0 Å². The molecule has 0 aliphatic carbocycles. The number of rotatable bonds is 9. The summed E-state index contributed by atoms with van der Waals surface area (Å²) in [7, 11) is 1.91. The lowest BCUT2D eigenvalue weighted by Gasteiger charge is -2.31. The zero-order valence-corrected chi connectivity index (χ0v) is 18.4. The maximum Gasteiger partial charge on any atom is 0.0890 e. The smallest absolute Gasteiger partial charge is 0.0890 e. The van der Waals surface area contributed by atoms with Gasteiger partial charge in [0.1, 0.15) is 0 Å². The second-order valence-corrected chi connectivity index (χ2v) is 8.97. The molecule has 1 heterocycles. The first-order valence-electron chi connectivity index (χ1n) is 10.4. The van der Waals surface area contributed by atoms with Crippen molar-refractivity contribution >= 4 is 5.71 Å². The van der Waals surface area contributed by atoms with E-state index in [1.165, 1.54) is 11.1 Å². The summed E-state index contributed by atoms with van der Waals surface area (Å²) >= 11 is 0. The number of fused-ring (bicyclic) bond motifs is 1. The molecule has 1 aliphatic heterocycles. The predicted molar refractivity (Wildman–Crippen MR) is 122 cm³/mol. The lowest BCUT2D eigenvalue weighted by molar-refractivity contribution is 0.219. The van der Waals surface area contributed by atoms with Gasteiger partial charge in [-0.3, -0.25) is 9.89 Å². The van der Waals surface area contributed by atoms with Crippen LogP contribution in [0, 0.1) is 11.3 Å². The number of hydrogen-bond acceptors (Lipinski definition) is 4. The van der Waals surface area contributed by atoms with Crippen molar-refractivity contribution < 1.29 is 0 Å². The zero-order valence-electron chi connectivity index (χ0n) is 18.4. The summed E-state index contributed by atoms with van der Waals surface area (Å²) in [6.45, 7) is 17.9. The highest BCUT2D eigenvalue weighted by Crippen LogP contribution is 2.19. The van der Waals surface area contributed by atoms with Crippen LogP contribution in [0.1, 0.15) is 38.8 Å². The van der Waals surface area contributed by atoms with Gasteiger partial charge < -0.3 is 10.6 Å². The van der Waals surface area contributed by atoms with Crippen LogP contribution in [0.3, 0.4) is 0 Å². The van der Waals surface area contributed by atoms with Gasteiger partial charge in [-0.05, 0) is 42.0 Å². The second kappa shape index (κ2) is 10.6. The van der Waals surface area contributed by atoms with E-state index in [0.29, 0.717) is 12.6 Å². The van der Waals surface area contributed by atoms with Crippen LogP contribution < -0.4 is 10.6 Å². The minimum absolute atomic E-state index is 0.124. The summed E-state index contributed by atoms with van der Waals surface area (Å²) in [6.07, 6.45) is 5.42.